The topological polar surface area (TPSA) is 104 Å². The Morgan fingerprint density at radius 2 is 1.31 bits per heavy atom. The highest BCUT2D eigenvalue weighted by Crippen LogP contribution is 2.07. The minimum Gasteiger partial charge on any atom is -0.354 e. The van der Waals surface area contributed by atoms with Crippen LogP contribution < -0.4 is 16.0 Å². The molecule has 0 bridgehead atoms. The fourth-order valence-corrected chi connectivity index (χ4v) is 2.52. The summed E-state index contributed by atoms with van der Waals surface area (Å²) in [6.07, 6.45) is 0.223. The zero-order valence-electron chi connectivity index (χ0n) is 16.4. The van der Waals surface area contributed by atoms with Crippen LogP contribution in [0.15, 0.2) is 54.6 Å². The third-order valence-electron chi connectivity index (χ3n) is 4.17. The number of aryl methyl sites for hydroxylation is 1. The van der Waals surface area contributed by atoms with Crippen LogP contribution in [0.25, 0.3) is 0 Å². The van der Waals surface area contributed by atoms with Gasteiger partial charge in [0.2, 0.25) is 11.8 Å². The highest BCUT2D eigenvalue weighted by molar-refractivity contribution is 5.98. The molecule has 3 amide bonds. The van der Waals surface area contributed by atoms with E-state index in [-0.39, 0.29) is 56.0 Å². The molecule has 0 unspecified atom stereocenters. The van der Waals surface area contributed by atoms with Crippen molar-refractivity contribution in [2.24, 2.45) is 0 Å². The average Bonchev–Trinajstić information content (AvgIpc) is 2.74. The summed E-state index contributed by atoms with van der Waals surface area (Å²) >= 11 is 0. The molecule has 0 aliphatic rings. The van der Waals surface area contributed by atoms with Crippen molar-refractivity contribution in [3.63, 3.8) is 0 Å². The minimum absolute atomic E-state index is 0.0809. The van der Waals surface area contributed by atoms with E-state index in [0.29, 0.717) is 11.1 Å². The van der Waals surface area contributed by atoms with Crippen LogP contribution in [0.4, 0.5) is 0 Å². The van der Waals surface area contributed by atoms with Gasteiger partial charge in [-0.15, -0.1) is 0 Å². The first-order valence-electron chi connectivity index (χ1n) is 9.42. The quantitative estimate of drug-likeness (QED) is 0.420. The Morgan fingerprint density at radius 3 is 1.97 bits per heavy atom. The Kier molecular flexibility index (Phi) is 8.56. The van der Waals surface area contributed by atoms with Gasteiger partial charge in [0.25, 0.3) is 5.91 Å². The smallest absolute Gasteiger partial charge is 0.251 e. The van der Waals surface area contributed by atoms with Crippen molar-refractivity contribution in [1.82, 2.24) is 16.0 Å². The number of hydrogen-bond donors (Lipinski definition) is 3. The van der Waals surface area contributed by atoms with Gasteiger partial charge >= 0.3 is 0 Å². The largest absolute Gasteiger partial charge is 0.354 e. The number of ketones is 1. The fraction of sp³-hybridized carbons (Fsp3) is 0.273. The Labute approximate surface area is 169 Å². The van der Waals surface area contributed by atoms with Gasteiger partial charge < -0.3 is 16.0 Å². The molecule has 152 valence electrons. The number of Topliss-reactive ketones (excluding diaryl/α,β-unsaturated/α-hetero) is 1. The summed E-state index contributed by atoms with van der Waals surface area (Å²) in [6.45, 7) is 2.28. The van der Waals surface area contributed by atoms with Gasteiger partial charge in [-0.1, -0.05) is 48.0 Å². The van der Waals surface area contributed by atoms with Crippen LogP contribution >= 0.6 is 0 Å². The molecular weight excluding hydrogens is 370 g/mol. The minimum atomic E-state index is -0.349. The van der Waals surface area contributed by atoms with Gasteiger partial charge in [0.1, 0.15) is 0 Å². The highest BCUT2D eigenvalue weighted by atomic mass is 16.2. The van der Waals surface area contributed by atoms with E-state index >= 15 is 0 Å². The van der Waals surface area contributed by atoms with Gasteiger partial charge in [0.15, 0.2) is 5.78 Å². The lowest BCUT2D eigenvalue weighted by molar-refractivity contribution is -0.122. The highest BCUT2D eigenvalue weighted by Gasteiger charge is 2.10. The number of rotatable bonds is 10. The first-order valence-corrected chi connectivity index (χ1v) is 9.42. The summed E-state index contributed by atoms with van der Waals surface area (Å²) in [7, 11) is 0. The normalized spacial score (nSPS) is 10.1. The van der Waals surface area contributed by atoms with Crippen LogP contribution in [0.3, 0.4) is 0 Å². The molecule has 7 heteroatoms. The molecule has 7 nitrogen and oxygen atoms in total. The first-order chi connectivity index (χ1) is 14.0. The van der Waals surface area contributed by atoms with Crippen LogP contribution in [-0.2, 0) is 9.59 Å². The lowest BCUT2D eigenvalue weighted by Crippen LogP contribution is -2.40. The maximum absolute atomic E-state index is 12.0. The van der Waals surface area contributed by atoms with E-state index in [1.165, 1.54) is 0 Å². The van der Waals surface area contributed by atoms with E-state index < -0.39 is 0 Å². The van der Waals surface area contributed by atoms with Crippen molar-refractivity contribution in [2.75, 3.05) is 19.6 Å². The standard InChI is InChI=1S/C22H25N3O4/c1-16-7-9-17(10-8-16)19(26)11-12-20(27)23-13-14-24-21(28)15-25-22(29)18-5-3-2-4-6-18/h2-10H,11-15H2,1H3,(H,23,27)(H,24,28)(H,25,29). The second-order valence-electron chi connectivity index (χ2n) is 6.54. The SMILES string of the molecule is Cc1ccc(C(=O)CCC(=O)NCCNC(=O)CNC(=O)c2ccccc2)cc1. The van der Waals surface area contributed by atoms with E-state index in [4.69, 9.17) is 0 Å². The van der Waals surface area contributed by atoms with Crippen molar-refractivity contribution in [3.8, 4) is 0 Å². The first kappa shape index (κ1) is 21.8. The van der Waals surface area contributed by atoms with Crippen molar-refractivity contribution in [2.45, 2.75) is 19.8 Å². The third-order valence-corrected chi connectivity index (χ3v) is 4.17. The Bertz CT molecular complexity index is 848. The number of amides is 3. The van der Waals surface area contributed by atoms with Crippen LogP contribution in [0, 0.1) is 6.92 Å². The van der Waals surface area contributed by atoms with Gasteiger partial charge in [-0.3, -0.25) is 19.2 Å². The van der Waals surface area contributed by atoms with Gasteiger partial charge in [-0.25, -0.2) is 0 Å². The lowest BCUT2D eigenvalue weighted by Gasteiger charge is -2.08. The Balaban J connectivity index is 1.56. The van der Waals surface area contributed by atoms with Gasteiger partial charge in [0.05, 0.1) is 6.54 Å². The fourth-order valence-electron chi connectivity index (χ4n) is 2.52. The van der Waals surface area contributed by atoms with Crippen LogP contribution in [-0.4, -0.2) is 43.1 Å². The summed E-state index contributed by atoms with van der Waals surface area (Å²) in [5, 5.41) is 7.78. The van der Waals surface area contributed by atoms with Crippen molar-refractivity contribution in [3.05, 3.63) is 71.3 Å². The zero-order chi connectivity index (χ0) is 21.1. The summed E-state index contributed by atoms with van der Waals surface area (Å²) in [5.41, 5.74) is 2.14. The predicted octanol–water partition coefficient (Wildman–Crippen LogP) is 1.62. The number of benzene rings is 2. The number of carbonyl (C=O) groups excluding carboxylic acids is 4. The Hall–Kier alpha value is -3.48. The van der Waals surface area contributed by atoms with Crippen LogP contribution in [0.1, 0.15) is 39.1 Å². The lowest BCUT2D eigenvalue weighted by atomic mass is 10.1. The average molecular weight is 395 g/mol. The van der Waals surface area contributed by atoms with Gasteiger partial charge in [-0.2, -0.15) is 0 Å². The molecule has 0 aromatic heterocycles. The molecule has 2 aromatic carbocycles. The van der Waals surface area contributed by atoms with Crippen molar-refractivity contribution in [1.29, 1.82) is 0 Å². The molecule has 2 rings (SSSR count). The Morgan fingerprint density at radius 1 is 0.690 bits per heavy atom. The summed E-state index contributed by atoms with van der Waals surface area (Å²) < 4.78 is 0. The number of hydrogen-bond acceptors (Lipinski definition) is 4. The molecule has 0 atom stereocenters. The second kappa shape index (κ2) is 11.4. The van der Waals surface area contributed by atoms with Crippen molar-refractivity contribution >= 4 is 23.5 Å². The summed E-state index contributed by atoms with van der Waals surface area (Å²) in [5.74, 6) is -1.01. The van der Waals surface area contributed by atoms with Crippen LogP contribution in [0.2, 0.25) is 0 Å². The van der Waals surface area contributed by atoms with Gasteiger partial charge in [-0.05, 0) is 19.1 Å². The van der Waals surface area contributed by atoms with E-state index in [2.05, 4.69) is 16.0 Å². The number of carbonyl (C=O) groups is 4. The maximum Gasteiger partial charge on any atom is 0.251 e. The summed E-state index contributed by atoms with van der Waals surface area (Å²) in [6, 6.07) is 15.8. The molecule has 0 heterocycles. The molecule has 0 saturated heterocycles. The molecular formula is C22H25N3O4. The molecule has 0 aliphatic carbocycles. The number of nitrogens with one attached hydrogen (secondary N) is 3. The zero-order valence-corrected chi connectivity index (χ0v) is 16.4. The third kappa shape index (κ3) is 7.96. The van der Waals surface area contributed by atoms with E-state index in [1.54, 1.807) is 42.5 Å². The van der Waals surface area contributed by atoms with E-state index in [0.717, 1.165) is 5.56 Å². The molecule has 0 saturated carbocycles. The molecule has 0 aliphatic heterocycles. The molecule has 0 spiro atoms. The van der Waals surface area contributed by atoms with E-state index in [1.807, 2.05) is 19.1 Å². The molecule has 2 aromatic rings. The van der Waals surface area contributed by atoms with Crippen molar-refractivity contribution < 1.29 is 19.2 Å². The monoisotopic (exact) mass is 395 g/mol. The molecule has 3 N–H and O–H groups in total. The predicted molar refractivity (Wildman–Crippen MR) is 110 cm³/mol. The summed E-state index contributed by atoms with van der Waals surface area (Å²) in [4.78, 5) is 47.4. The van der Waals surface area contributed by atoms with Crippen LogP contribution in [0.5, 0.6) is 0 Å². The molecule has 29 heavy (non-hydrogen) atoms. The molecule has 0 radical (unpaired) electrons. The van der Waals surface area contributed by atoms with E-state index in [9.17, 15) is 19.2 Å². The maximum atomic E-state index is 12.0. The second-order valence-corrected chi connectivity index (χ2v) is 6.54. The van der Waals surface area contributed by atoms with Gasteiger partial charge in [0, 0.05) is 37.1 Å². The molecule has 0 fully saturated rings.